The molecule has 4 rings (SSSR count). The smallest absolute Gasteiger partial charge is 0.158 e. The van der Waals surface area contributed by atoms with E-state index in [2.05, 4.69) is 46.0 Å². The highest BCUT2D eigenvalue weighted by molar-refractivity contribution is 5.75. The van der Waals surface area contributed by atoms with E-state index in [4.69, 9.17) is 4.98 Å². The molecule has 7 nitrogen and oxygen atoms in total. The lowest BCUT2D eigenvalue weighted by Crippen LogP contribution is -2.28. The number of nitrogens with zero attached hydrogens (tertiary/aromatic N) is 6. The molecule has 3 aromatic rings. The summed E-state index contributed by atoms with van der Waals surface area (Å²) in [5, 5.41) is 16.9. The Labute approximate surface area is 170 Å². The van der Waals surface area contributed by atoms with Crippen molar-refractivity contribution in [1.29, 1.82) is 5.26 Å². The summed E-state index contributed by atoms with van der Waals surface area (Å²) in [4.78, 5) is 9.28. The van der Waals surface area contributed by atoms with Crippen LogP contribution in [0.3, 0.4) is 0 Å². The Hall–Kier alpha value is -3.79. The summed E-state index contributed by atoms with van der Waals surface area (Å²) in [6.45, 7) is 5.97. The molecule has 0 saturated carbocycles. The van der Waals surface area contributed by atoms with Gasteiger partial charge in [-0.15, -0.1) is 0 Å². The molecule has 0 bridgehead atoms. The van der Waals surface area contributed by atoms with Crippen LogP contribution in [-0.4, -0.2) is 34.9 Å². The second-order valence-electron chi connectivity index (χ2n) is 7.10. The molecule has 1 N–H and O–H groups in total. The van der Waals surface area contributed by atoms with E-state index in [0.29, 0.717) is 5.56 Å². The second kappa shape index (κ2) is 7.68. The highest BCUT2D eigenvalue weighted by atomic mass is 15.4. The maximum absolute atomic E-state index is 9.22. The van der Waals surface area contributed by atoms with Gasteiger partial charge in [-0.2, -0.15) is 10.4 Å². The van der Waals surface area contributed by atoms with Crippen molar-refractivity contribution in [3.8, 4) is 17.3 Å². The number of nitriles is 1. The van der Waals surface area contributed by atoms with Crippen LogP contribution >= 0.6 is 0 Å². The van der Waals surface area contributed by atoms with Gasteiger partial charge in [0.1, 0.15) is 5.82 Å². The van der Waals surface area contributed by atoms with E-state index >= 15 is 0 Å². The summed E-state index contributed by atoms with van der Waals surface area (Å²) >= 11 is 0. The number of pyridine rings is 1. The van der Waals surface area contributed by atoms with Crippen molar-refractivity contribution in [3.05, 3.63) is 66.6 Å². The number of aryl methyl sites for hydroxylation is 1. The third kappa shape index (κ3) is 3.78. The van der Waals surface area contributed by atoms with Crippen molar-refractivity contribution in [2.24, 2.45) is 7.05 Å². The summed E-state index contributed by atoms with van der Waals surface area (Å²) < 4.78 is 1.75. The summed E-state index contributed by atoms with van der Waals surface area (Å²) in [5.41, 5.74) is 3.41. The molecule has 0 unspecified atom stereocenters. The Morgan fingerprint density at radius 1 is 1.17 bits per heavy atom. The summed E-state index contributed by atoms with van der Waals surface area (Å²) in [5.74, 6) is 2.32. The first-order chi connectivity index (χ1) is 14.0. The molecule has 0 fully saturated rings. The molecule has 1 aliphatic heterocycles. The fraction of sp³-hybridized carbons (Fsp3) is 0.227. The number of benzene rings is 1. The highest BCUT2D eigenvalue weighted by Crippen LogP contribution is 2.34. The molecule has 0 spiro atoms. The minimum atomic E-state index is 0.620. The molecule has 146 valence electrons. The van der Waals surface area contributed by atoms with Crippen molar-refractivity contribution in [3.63, 3.8) is 0 Å². The summed E-state index contributed by atoms with van der Waals surface area (Å²) in [7, 11) is 3.96. The third-order valence-corrected chi connectivity index (χ3v) is 5.00. The van der Waals surface area contributed by atoms with E-state index in [1.165, 1.54) is 0 Å². The maximum atomic E-state index is 9.22. The standard InChI is InChI=1S/C22H23N7/c1-16(24-21-10-13-28(3)26-21)29-12-5-11-27(2)20-9-8-19(25-22(20)29)18-7-4-6-17(14-18)15-23/h4,6-10,13-14H,1,5,11-12H2,2-3H3,(H,24,26). The Morgan fingerprint density at radius 3 is 2.79 bits per heavy atom. The molecular formula is C22H23N7. The summed E-state index contributed by atoms with van der Waals surface area (Å²) in [6, 6.07) is 15.7. The number of aromatic nitrogens is 3. The first kappa shape index (κ1) is 18.6. The van der Waals surface area contributed by atoms with E-state index in [1.807, 2.05) is 43.6 Å². The maximum Gasteiger partial charge on any atom is 0.158 e. The zero-order valence-corrected chi connectivity index (χ0v) is 16.6. The Balaban J connectivity index is 1.73. The predicted octanol–water partition coefficient (Wildman–Crippen LogP) is 3.58. The van der Waals surface area contributed by atoms with Crippen LogP contribution in [0.25, 0.3) is 11.3 Å². The Bertz CT molecular complexity index is 1090. The van der Waals surface area contributed by atoms with Crippen molar-refractivity contribution >= 4 is 17.3 Å². The molecule has 1 aliphatic rings. The minimum absolute atomic E-state index is 0.620. The molecule has 3 heterocycles. The molecule has 0 saturated heterocycles. The number of hydrogen-bond donors (Lipinski definition) is 1. The quantitative estimate of drug-likeness (QED) is 0.740. The normalized spacial score (nSPS) is 13.4. The van der Waals surface area contributed by atoms with Crippen LogP contribution in [0.1, 0.15) is 12.0 Å². The fourth-order valence-corrected chi connectivity index (χ4v) is 3.50. The van der Waals surface area contributed by atoms with Gasteiger partial charge in [-0.05, 0) is 30.7 Å². The number of fused-ring (bicyclic) bond motifs is 1. The van der Waals surface area contributed by atoms with Crippen molar-refractivity contribution in [2.75, 3.05) is 35.3 Å². The molecule has 0 aliphatic carbocycles. The Kier molecular flexibility index (Phi) is 4.92. The van der Waals surface area contributed by atoms with Gasteiger partial charge >= 0.3 is 0 Å². The van der Waals surface area contributed by atoms with Gasteiger partial charge in [0.05, 0.1) is 23.0 Å². The van der Waals surface area contributed by atoms with Crippen LogP contribution in [0, 0.1) is 11.3 Å². The van der Waals surface area contributed by atoms with Crippen LogP contribution in [0.4, 0.5) is 17.3 Å². The van der Waals surface area contributed by atoms with Crippen molar-refractivity contribution in [2.45, 2.75) is 6.42 Å². The average Bonchev–Trinajstić information content (AvgIpc) is 3.06. The SMILES string of the molecule is C=C(Nc1ccn(C)n1)N1CCCN(C)c2ccc(-c3cccc(C#N)c3)nc21. The van der Waals surface area contributed by atoms with Crippen LogP contribution in [0.15, 0.2) is 61.1 Å². The number of anilines is 3. The third-order valence-electron chi connectivity index (χ3n) is 5.00. The van der Waals surface area contributed by atoms with Crippen molar-refractivity contribution < 1.29 is 0 Å². The van der Waals surface area contributed by atoms with Crippen LogP contribution in [0.2, 0.25) is 0 Å². The van der Waals surface area contributed by atoms with E-state index in [1.54, 1.807) is 10.7 Å². The number of rotatable bonds is 4. The van der Waals surface area contributed by atoms with Crippen LogP contribution < -0.4 is 15.1 Å². The molecule has 2 aromatic heterocycles. The van der Waals surface area contributed by atoms with Gasteiger partial charge in [0.25, 0.3) is 0 Å². The second-order valence-corrected chi connectivity index (χ2v) is 7.10. The molecular weight excluding hydrogens is 362 g/mol. The molecule has 0 radical (unpaired) electrons. The average molecular weight is 385 g/mol. The zero-order valence-electron chi connectivity index (χ0n) is 16.6. The van der Waals surface area contributed by atoms with Gasteiger partial charge in [0.2, 0.25) is 0 Å². The number of hydrogen-bond acceptors (Lipinski definition) is 6. The van der Waals surface area contributed by atoms with Gasteiger partial charge in [-0.25, -0.2) is 4.98 Å². The van der Waals surface area contributed by atoms with Gasteiger partial charge in [0, 0.05) is 45.0 Å². The first-order valence-corrected chi connectivity index (χ1v) is 9.51. The van der Waals surface area contributed by atoms with E-state index in [-0.39, 0.29) is 0 Å². The monoisotopic (exact) mass is 385 g/mol. The molecule has 29 heavy (non-hydrogen) atoms. The van der Waals surface area contributed by atoms with Gasteiger partial charge < -0.3 is 15.1 Å². The lowest BCUT2D eigenvalue weighted by molar-refractivity contribution is 0.766. The van der Waals surface area contributed by atoms with E-state index in [0.717, 1.165) is 53.9 Å². The molecule has 0 amide bonds. The van der Waals surface area contributed by atoms with E-state index in [9.17, 15) is 5.26 Å². The zero-order chi connectivity index (χ0) is 20.4. The van der Waals surface area contributed by atoms with Crippen LogP contribution in [-0.2, 0) is 7.05 Å². The summed E-state index contributed by atoms with van der Waals surface area (Å²) in [6.07, 6.45) is 2.87. The topological polar surface area (TPSA) is 73.0 Å². The largest absolute Gasteiger partial charge is 0.372 e. The van der Waals surface area contributed by atoms with Crippen LogP contribution in [0.5, 0.6) is 0 Å². The molecule has 7 heteroatoms. The van der Waals surface area contributed by atoms with E-state index < -0.39 is 0 Å². The highest BCUT2D eigenvalue weighted by Gasteiger charge is 2.23. The van der Waals surface area contributed by atoms with Gasteiger partial charge in [0.15, 0.2) is 11.6 Å². The predicted molar refractivity (Wildman–Crippen MR) is 116 cm³/mol. The van der Waals surface area contributed by atoms with Crippen molar-refractivity contribution in [1.82, 2.24) is 14.8 Å². The van der Waals surface area contributed by atoms with Gasteiger partial charge in [-0.1, -0.05) is 18.7 Å². The molecule has 1 aromatic carbocycles. The number of nitrogens with one attached hydrogen (secondary N) is 1. The molecule has 0 atom stereocenters. The lowest BCUT2D eigenvalue weighted by Gasteiger charge is -2.27. The fourth-order valence-electron chi connectivity index (χ4n) is 3.50. The Morgan fingerprint density at radius 2 is 2.03 bits per heavy atom. The minimum Gasteiger partial charge on any atom is -0.372 e. The lowest BCUT2D eigenvalue weighted by atomic mass is 10.1. The first-order valence-electron chi connectivity index (χ1n) is 9.51. The van der Waals surface area contributed by atoms with Gasteiger partial charge in [-0.3, -0.25) is 4.68 Å².